The largest absolute Gasteiger partial charge is 0.394 e. The van der Waals surface area contributed by atoms with Crippen molar-refractivity contribution in [3.63, 3.8) is 0 Å². The molecule has 1 saturated heterocycles. The first-order valence-corrected chi connectivity index (χ1v) is 5.31. The highest BCUT2D eigenvalue weighted by Gasteiger charge is 2.31. The second-order valence-electron chi connectivity index (χ2n) is 4.28. The van der Waals surface area contributed by atoms with Crippen LogP contribution in [0.5, 0.6) is 0 Å². The molecule has 0 aromatic carbocycles. The Balaban J connectivity index is 2.81. The number of hydrogen-bond acceptors (Lipinski definition) is 3. The van der Waals surface area contributed by atoms with E-state index >= 15 is 0 Å². The lowest BCUT2D eigenvalue weighted by atomic mass is 10.1. The van der Waals surface area contributed by atoms with Gasteiger partial charge in [0.2, 0.25) is 5.91 Å². The van der Waals surface area contributed by atoms with Crippen molar-refractivity contribution >= 4 is 5.91 Å². The van der Waals surface area contributed by atoms with E-state index in [4.69, 9.17) is 0 Å². The molecule has 1 N–H and O–H groups in total. The molecule has 1 heterocycles. The van der Waals surface area contributed by atoms with E-state index in [-0.39, 0.29) is 12.5 Å². The average molecular weight is 212 g/mol. The Hall–Kier alpha value is -0.870. The zero-order valence-electron chi connectivity index (χ0n) is 9.52. The summed E-state index contributed by atoms with van der Waals surface area (Å²) in [7, 11) is 1.88. The van der Waals surface area contributed by atoms with E-state index in [2.05, 4.69) is 13.5 Å². The van der Waals surface area contributed by atoms with Gasteiger partial charge in [-0.2, -0.15) is 0 Å². The third-order valence-electron chi connectivity index (χ3n) is 2.78. The monoisotopic (exact) mass is 212 g/mol. The van der Waals surface area contributed by atoms with Crippen LogP contribution in [0.4, 0.5) is 0 Å². The molecule has 0 radical (unpaired) electrons. The van der Waals surface area contributed by atoms with Crippen molar-refractivity contribution in [1.82, 2.24) is 9.80 Å². The van der Waals surface area contributed by atoms with Crippen LogP contribution < -0.4 is 0 Å². The SMILES string of the molecule is C=CCN1CC(C)CN(C)C(CO)C1=O. The second-order valence-corrected chi connectivity index (χ2v) is 4.28. The highest BCUT2D eigenvalue weighted by molar-refractivity contribution is 5.82. The number of aliphatic hydroxyl groups excluding tert-OH is 1. The molecular weight excluding hydrogens is 192 g/mol. The molecule has 0 bridgehead atoms. The van der Waals surface area contributed by atoms with Crippen molar-refractivity contribution in [2.24, 2.45) is 5.92 Å². The molecule has 2 unspecified atom stereocenters. The molecule has 0 aromatic heterocycles. The van der Waals surface area contributed by atoms with Crippen LogP contribution in [0, 0.1) is 5.92 Å². The minimum absolute atomic E-state index is 0.00394. The van der Waals surface area contributed by atoms with Gasteiger partial charge in [-0.25, -0.2) is 0 Å². The molecule has 0 aliphatic carbocycles. The van der Waals surface area contributed by atoms with Gasteiger partial charge < -0.3 is 10.0 Å². The molecule has 1 aliphatic heterocycles. The van der Waals surface area contributed by atoms with Gasteiger partial charge >= 0.3 is 0 Å². The number of carbonyl (C=O) groups excluding carboxylic acids is 1. The summed E-state index contributed by atoms with van der Waals surface area (Å²) in [6, 6.07) is -0.394. The fourth-order valence-electron chi connectivity index (χ4n) is 2.08. The van der Waals surface area contributed by atoms with Gasteiger partial charge in [0, 0.05) is 19.6 Å². The van der Waals surface area contributed by atoms with Crippen molar-refractivity contribution in [2.45, 2.75) is 13.0 Å². The summed E-state index contributed by atoms with van der Waals surface area (Å²) < 4.78 is 0. The first kappa shape index (κ1) is 12.2. The van der Waals surface area contributed by atoms with Crippen LogP contribution in [0.3, 0.4) is 0 Å². The van der Waals surface area contributed by atoms with E-state index in [1.807, 2.05) is 11.9 Å². The third-order valence-corrected chi connectivity index (χ3v) is 2.78. The Labute approximate surface area is 91.2 Å². The quantitative estimate of drug-likeness (QED) is 0.667. The Morgan fingerprint density at radius 3 is 2.80 bits per heavy atom. The summed E-state index contributed by atoms with van der Waals surface area (Å²) in [5.41, 5.74) is 0. The normalized spacial score (nSPS) is 29.0. The van der Waals surface area contributed by atoms with Crippen LogP contribution >= 0.6 is 0 Å². The number of carbonyl (C=O) groups is 1. The van der Waals surface area contributed by atoms with E-state index in [0.29, 0.717) is 12.5 Å². The smallest absolute Gasteiger partial charge is 0.242 e. The first-order chi connectivity index (χ1) is 7.10. The lowest BCUT2D eigenvalue weighted by molar-refractivity contribution is -0.135. The number of hydrogen-bond donors (Lipinski definition) is 1. The molecular formula is C11H20N2O2. The van der Waals surface area contributed by atoms with Gasteiger partial charge in [-0.1, -0.05) is 13.0 Å². The summed E-state index contributed by atoms with van der Waals surface area (Å²) >= 11 is 0. The van der Waals surface area contributed by atoms with Crippen molar-refractivity contribution in [2.75, 3.05) is 33.3 Å². The maximum absolute atomic E-state index is 12.0. The Kier molecular flexibility index (Phi) is 4.29. The van der Waals surface area contributed by atoms with Gasteiger partial charge in [0.1, 0.15) is 6.04 Å². The van der Waals surface area contributed by atoms with Gasteiger partial charge in [0.15, 0.2) is 0 Å². The van der Waals surface area contributed by atoms with Crippen LogP contribution in [-0.2, 0) is 4.79 Å². The highest BCUT2D eigenvalue weighted by Crippen LogP contribution is 2.13. The Bertz CT molecular complexity index is 243. The highest BCUT2D eigenvalue weighted by atomic mass is 16.3. The van der Waals surface area contributed by atoms with Crippen molar-refractivity contribution < 1.29 is 9.90 Å². The molecule has 1 fully saturated rings. The third kappa shape index (κ3) is 2.79. The zero-order chi connectivity index (χ0) is 11.4. The number of amides is 1. The van der Waals surface area contributed by atoms with Crippen molar-refractivity contribution in [3.05, 3.63) is 12.7 Å². The van der Waals surface area contributed by atoms with Gasteiger partial charge in [-0.05, 0) is 13.0 Å². The van der Waals surface area contributed by atoms with Crippen LogP contribution in [0.15, 0.2) is 12.7 Å². The molecule has 4 heteroatoms. The lowest BCUT2D eigenvalue weighted by Crippen LogP contribution is -2.46. The summed E-state index contributed by atoms with van der Waals surface area (Å²) in [4.78, 5) is 15.7. The molecule has 4 nitrogen and oxygen atoms in total. The molecule has 0 aromatic rings. The van der Waals surface area contributed by atoms with Crippen molar-refractivity contribution in [1.29, 1.82) is 0 Å². The maximum Gasteiger partial charge on any atom is 0.242 e. The molecule has 0 spiro atoms. The minimum atomic E-state index is -0.394. The predicted octanol–water partition coefficient (Wildman–Crippen LogP) is -0.0566. The van der Waals surface area contributed by atoms with Crippen LogP contribution in [0.25, 0.3) is 0 Å². The fraction of sp³-hybridized carbons (Fsp3) is 0.727. The minimum Gasteiger partial charge on any atom is -0.394 e. The second kappa shape index (κ2) is 5.28. The molecule has 1 amide bonds. The van der Waals surface area contributed by atoms with Gasteiger partial charge in [-0.15, -0.1) is 6.58 Å². The molecule has 1 rings (SSSR count). The maximum atomic E-state index is 12.0. The number of aliphatic hydroxyl groups is 1. The van der Waals surface area contributed by atoms with Crippen LogP contribution in [0.1, 0.15) is 6.92 Å². The molecule has 15 heavy (non-hydrogen) atoms. The molecule has 1 aliphatic rings. The van der Waals surface area contributed by atoms with Gasteiger partial charge in [-0.3, -0.25) is 9.69 Å². The standard InChI is InChI=1S/C11H20N2O2/c1-4-5-13-7-9(2)6-12(3)10(8-14)11(13)15/h4,9-10,14H,1,5-8H2,2-3H3. The van der Waals surface area contributed by atoms with Gasteiger partial charge in [0.25, 0.3) is 0 Å². The number of rotatable bonds is 3. The number of nitrogens with zero attached hydrogens (tertiary/aromatic N) is 2. The fourth-order valence-corrected chi connectivity index (χ4v) is 2.08. The van der Waals surface area contributed by atoms with E-state index in [9.17, 15) is 9.90 Å². The van der Waals surface area contributed by atoms with E-state index in [1.54, 1.807) is 11.0 Å². The summed E-state index contributed by atoms with van der Waals surface area (Å²) in [5.74, 6) is 0.430. The van der Waals surface area contributed by atoms with Gasteiger partial charge in [0.05, 0.1) is 6.61 Å². The Morgan fingerprint density at radius 2 is 2.27 bits per heavy atom. The van der Waals surface area contributed by atoms with Crippen LogP contribution in [-0.4, -0.2) is 60.1 Å². The van der Waals surface area contributed by atoms with E-state index < -0.39 is 6.04 Å². The van der Waals surface area contributed by atoms with E-state index in [1.165, 1.54) is 0 Å². The summed E-state index contributed by atoms with van der Waals surface area (Å²) in [6.45, 7) is 7.78. The summed E-state index contributed by atoms with van der Waals surface area (Å²) in [6.07, 6.45) is 1.73. The average Bonchev–Trinajstić information content (AvgIpc) is 2.26. The topological polar surface area (TPSA) is 43.8 Å². The zero-order valence-corrected chi connectivity index (χ0v) is 9.52. The Morgan fingerprint density at radius 1 is 1.60 bits per heavy atom. The summed E-state index contributed by atoms with van der Waals surface area (Å²) in [5, 5.41) is 9.21. The van der Waals surface area contributed by atoms with Crippen LogP contribution in [0.2, 0.25) is 0 Å². The number of likely N-dealkylation sites (N-methyl/N-ethyl adjacent to an activating group) is 1. The first-order valence-electron chi connectivity index (χ1n) is 5.31. The molecule has 2 atom stereocenters. The lowest BCUT2D eigenvalue weighted by Gasteiger charge is -2.25. The van der Waals surface area contributed by atoms with Crippen molar-refractivity contribution in [3.8, 4) is 0 Å². The van der Waals surface area contributed by atoms with E-state index in [0.717, 1.165) is 13.1 Å². The molecule has 0 saturated carbocycles. The molecule has 86 valence electrons. The predicted molar refractivity (Wildman–Crippen MR) is 59.4 cm³/mol.